The first-order valence-electron chi connectivity index (χ1n) is 9.37. The Balaban J connectivity index is 1.93. The quantitative estimate of drug-likeness (QED) is 0.630. The molecule has 138 valence electrons. The highest BCUT2D eigenvalue weighted by Crippen LogP contribution is 2.36. The van der Waals surface area contributed by atoms with E-state index in [2.05, 4.69) is 12.2 Å². The van der Waals surface area contributed by atoms with Gasteiger partial charge in [-0.25, -0.2) is 0 Å². The summed E-state index contributed by atoms with van der Waals surface area (Å²) in [6, 6.07) is 5.94. The van der Waals surface area contributed by atoms with Crippen molar-refractivity contribution >= 4 is 5.78 Å². The third-order valence-corrected chi connectivity index (χ3v) is 4.76. The number of ketones is 1. The van der Waals surface area contributed by atoms with Gasteiger partial charge in [0.2, 0.25) is 0 Å². The largest absolute Gasteiger partial charge is 0.493 e. The van der Waals surface area contributed by atoms with Crippen molar-refractivity contribution in [3.05, 3.63) is 35.5 Å². The van der Waals surface area contributed by atoms with Crippen LogP contribution in [0, 0.1) is 0 Å². The van der Waals surface area contributed by atoms with Crippen molar-refractivity contribution in [3.8, 4) is 11.5 Å². The molecule has 1 aromatic rings. The van der Waals surface area contributed by atoms with Crippen molar-refractivity contribution in [2.45, 2.75) is 57.8 Å². The smallest absolute Gasteiger partial charge is 0.160 e. The minimum Gasteiger partial charge on any atom is -0.493 e. The second-order valence-electron chi connectivity index (χ2n) is 6.70. The zero-order valence-electron chi connectivity index (χ0n) is 15.8. The molecule has 1 aromatic carbocycles. The van der Waals surface area contributed by atoms with Crippen LogP contribution in [0.5, 0.6) is 11.5 Å². The molecule has 0 bridgehead atoms. The van der Waals surface area contributed by atoms with Crippen LogP contribution in [-0.4, -0.2) is 26.5 Å². The highest BCUT2D eigenvalue weighted by Gasteiger charge is 2.23. The lowest BCUT2D eigenvalue weighted by Crippen LogP contribution is -2.23. The molecule has 0 heterocycles. The van der Waals surface area contributed by atoms with Gasteiger partial charge in [0.05, 0.1) is 14.2 Å². The summed E-state index contributed by atoms with van der Waals surface area (Å²) in [7, 11) is 3.27. The molecular weight excluding hydrogens is 314 g/mol. The molecule has 4 nitrogen and oxygen atoms in total. The molecule has 1 atom stereocenters. The van der Waals surface area contributed by atoms with Gasteiger partial charge in [-0.1, -0.05) is 38.7 Å². The maximum atomic E-state index is 12.1. The molecule has 0 radical (unpaired) electrons. The molecule has 0 amide bonds. The van der Waals surface area contributed by atoms with Gasteiger partial charge in [0.1, 0.15) is 0 Å². The Labute approximate surface area is 151 Å². The van der Waals surface area contributed by atoms with Crippen LogP contribution in [0.25, 0.3) is 0 Å². The average Bonchev–Trinajstić information content (AvgIpc) is 2.63. The monoisotopic (exact) mass is 345 g/mol. The van der Waals surface area contributed by atoms with Gasteiger partial charge < -0.3 is 14.8 Å². The van der Waals surface area contributed by atoms with Gasteiger partial charge in [0.15, 0.2) is 17.3 Å². The van der Waals surface area contributed by atoms with Gasteiger partial charge in [0, 0.05) is 24.7 Å². The Morgan fingerprint density at radius 3 is 2.52 bits per heavy atom. The van der Waals surface area contributed by atoms with Crippen LogP contribution in [0.2, 0.25) is 0 Å². The summed E-state index contributed by atoms with van der Waals surface area (Å²) >= 11 is 0. The second kappa shape index (κ2) is 10.1. The molecule has 0 unspecified atom stereocenters. The van der Waals surface area contributed by atoms with Crippen molar-refractivity contribution in [2.24, 2.45) is 0 Å². The van der Waals surface area contributed by atoms with Crippen molar-refractivity contribution < 1.29 is 14.3 Å². The fourth-order valence-corrected chi connectivity index (χ4v) is 3.34. The van der Waals surface area contributed by atoms with Gasteiger partial charge in [-0.15, -0.1) is 0 Å². The zero-order chi connectivity index (χ0) is 18.1. The maximum absolute atomic E-state index is 12.1. The molecule has 0 saturated heterocycles. The summed E-state index contributed by atoms with van der Waals surface area (Å²) in [5.74, 6) is 1.82. The predicted molar refractivity (Wildman–Crippen MR) is 101 cm³/mol. The average molecular weight is 345 g/mol. The number of carbonyl (C=O) groups excluding carboxylic acids is 1. The Morgan fingerprint density at radius 1 is 1.04 bits per heavy atom. The number of hydrogen-bond donors (Lipinski definition) is 1. The summed E-state index contributed by atoms with van der Waals surface area (Å²) in [6.07, 6.45) is 9.48. The number of unbranched alkanes of at least 4 members (excludes halogenated alkanes) is 4. The molecule has 0 saturated carbocycles. The van der Waals surface area contributed by atoms with Crippen molar-refractivity contribution in [1.82, 2.24) is 5.32 Å². The fraction of sp³-hybridized carbons (Fsp3) is 0.571. The Kier molecular flexibility index (Phi) is 7.83. The van der Waals surface area contributed by atoms with Crippen LogP contribution in [0.15, 0.2) is 30.0 Å². The number of methoxy groups -OCH3 is 2. The molecule has 0 spiro atoms. The molecule has 1 N–H and O–H groups in total. The normalized spacial score (nSPS) is 17.2. The molecule has 1 aliphatic carbocycles. The van der Waals surface area contributed by atoms with E-state index in [9.17, 15) is 4.79 Å². The number of benzene rings is 1. The number of ether oxygens (including phenoxy) is 2. The number of hydrogen-bond acceptors (Lipinski definition) is 4. The molecular formula is C21H31NO3. The van der Waals surface area contributed by atoms with Crippen LogP contribution >= 0.6 is 0 Å². The highest BCUT2D eigenvalue weighted by atomic mass is 16.5. The van der Waals surface area contributed by atoms with E-state index in [1.54, 1.807) is 20.3 Å². The van der Waals surface area contributed by atoms with Crippen molar-refractivity contribution in [1.29, 1.82) is 0 Å². The first kappa shape index (κ1) is 19.4. The molecule has 0 aromatic heterocycles. The van der Waals surface area contributed by atoms with Gasteiger partial charge in [0.25, 0.3) is 0 Å². The Hall–Kier alpha value is -1.97. The molecule has 0 aliphatic heterocycles. The zero-order valence-corrected chi connectivity index (χ0v) is 15.8. The molecule has 25 heavy (non-hydrogen) atoms. The third-order valence-electron chi connectivity index (χ3n) is 4.76. The minimum atomic E-state index is 0.194. The lowest BCUT2D eigenvalue weighted by atomic mass is 9.85. The summed E-state index contributed by atoms with van der Waals surface area (Å²) < 4.78 is 10.7. The summed E-state index contributed by atoms with van der Waals surface area (Å²) in [5, 5.41) is 3.46. The molecule has 2 rings (SSSR count). The van der Waals surface area contributed by atoms with Crippen LogP contribution < -0.4 is 14.8 Å². The first-order chi connectivity index (χ1) is 12.2. The Bertz CT molecular complexity index is 595. The summed E-state index contributed by atoms with van der Waals surface area (Å²) in [6.45, 7) is 3.17. The van der Waals surface area contributed by atoms with Gasteiger partial charge in [-0.2, -0.15) is 0 Å². The van der Waals surface area contributed by atoms with E-state index in [1.165, 1.54) is 25.7 Å². The molecule has 0 fully saturated rings. The number of rotatable bonds is 10. The van der Waals surface area contributed by atoms with E-state index in [4.69, 9.17) is 9.47 Å². The highest BCUT2D eigenvalue weighted by molar-refractivity contribution is 5.92. The lowest BCUT2D eigenvalue weighted by Gasteiger charge is -2.24. The van der Waals surface area contributed by atoms with Gasteiger partial charge >= 0.3 is 0 Å². The van der Waals surface area contributed by atoms with Crippen molar-refractivity contribution in [2.75, 3.05) is 20.8 Å². The molecule has 4 heteroatoms. The topological polar surface area (TPSA) is 47.6 Å². The van der Waals surface area contributed by atoms with Crippen LogP contribution in [0.1, 0.15) is 63.4 Å². The van der Waals surface area contributed by atoms with Gasteiger partial charge in [-0.3, -0.25) is 4.79 Å². The number of allylic oxidation sites excluding steroid dienone is 2. The van der Waals surface area contributed by atoms with E-state index in [1.807, 2.05) is 18.2 Å². The SMILES string of the molecule is CCCCCCCNC1=CC(=O)C[C@@H](c2ccc(OC)c(OC)c2)C1. The van der Waals surface area contributed by atoms with Gasteiger partial charge in [-0.05, 0) is 36.5 Å². The van der Waals surface area contributed by atoms with Crippen molar-refractivity contribution in [3.63, 3.8) is 0 Å². The predicted octanol–water partition coefficient (Wildman–Crippen LogP) is 4.59. The van der Waals surface area contributed by atoms with E-state index in [0.29, 0.717) is 17.9 Å². The second-order valence-corrected chi connectivity index (χ2v) is 6.70. The maximum Gasteiger partial charge on any atom is 0.160 e. The third kappa shape index (κ3) is 5.80. The standard InChI is InChI=1S/C21H31NO3/c1-4-5-6-7-8-11-22-18-12-17(13-19(23)15-18)16-9-10-20(24-2)21(14-16)25-3/h9-10,14-15,17,22H,4-8,11-13H2,1-3H3/t17-/m0/s1. The van der Waals surface area contributed by atoms with Crippen LogP contribution in [-0.2, 0) is 4.79 Å². The lowest BCUT2D eigenvalue weighted by molar-refractivity contribution is -0.115. The van der Waals surface area contributed by atoms with E-state index >= 15 is 0 Å². The minimum absolute atomic E-state index is 0.194. The fourth-order valence-electron chi connectivity index (χ4n) is 3.34. The Morgan fingerprint density at radius 2 is 1.80 bits per heavy atom. The van der Waals surface area contributed by atoms with Crippen LogP contribution in [0.4, 0.5) is 0 Å². The number of carbonyl (C=O) groups is 1. The first-order valence-corrected chi connectivity index (χ1v) is 9.37. The van der Waals surface area contributed by atoms with E-state index in [0.717, 1.165) is 30.6 Å². The van der Waals surface area contributed by atoms with Crippen LogP contribution in [0.3, 0.4) is 0 Å². The van der Waals surface area contributed by atoms with E-state index < -0.39 is 0 Å². The number of nitrogens with one attached hydrogen (secondary N) is 1. The van der Waals surface area contributed by atoms with E-state index in [-0.39, 0.29) is 11.7 Å². The summed E-state index contributed by atoms with van der Waals surface area (Å²) in [5.41, 5.74) is 2.19. The molecule has 1 aliphatic rings. The summed E-state index contributed by atoms with van der Waals surface area (Å²) in [4.78, 5) is 12.1.